The molecule has 0 aliphatic heterocycles. The molecule has 0 atom stereocenters. The number of rotatable bonds is 2. The highest BCUT2D eigenvalue weighted by Gasteiger charge is 2.29. The maximum atomic E-state index is 9.16. The van der Waals surface area contributed by atoms with Gasteiger partial charge in [-0.25, -0.2) is 0 Å². The van der Waals surface area contributed by atoms with Gasteiger partial charge in [-0.3, -0.25) is 0 Å². The van der Waals surface area contributed by atoms with Crippen LogP contribution in [-0.2, 0) is 4.74 Å². The van der Waals surface area contributed by atoms with Crippen LogP contribution < -0.4 is 0 Å². The number of hydrogen-bond donors (Lipinski definition) is 0. The Morgan fingerprint density at radius 2 is 1.69 bits per heavy atom. The Balaban J connectivity index is 2.54. The number of nitriles is 1. The molecule has 1 saturated carbocycles. The predicted octanol–water partition coefficient (Wildman–Crippen LogP) is 2.89. The first-order chi connectivity index (χ1) is 6.33. The van der Waals surface area contributed by atoms with Crippen LogP contribution in [0.25, 0.3) is 0 Å². The molecule has 0 radical (unpaired) electrons. The van der Waals surface area contributed by atoms with Crippen LogP contribution in [0.5, 0.6) is 0 Å². The zero-order chi connectivity index (χ0) is 9.57. The van der Waals surface area contributed by atoms with Crippen LogP contribution in [0.3, 0.4) is 0 Å². The van der Waals surface area contributed by atoms with Gasteiger partial charge < -0.3 is 4.74 Å². The van der Waals surface area contributed by atoms with Crippen molar-refractivity contribution in [1.29, 1.82) is 5.26 Å². The fourth-order valence-corrected chi connectivity index (χ4v) is 2.15. The molecule has 1 fully saturated rings. The average Bonchev–Trinajstić information content (AvgIpc) is 2.10. The Morgan fingerprint density at radius 1 is 1.15 bits per heavy atom. The third-order valence-corrected chi connectivity index (χ3v) is 2.97. The highest BCUT2D eigenvalue weighted by Crippen LogP contribution is 2.33. The summed E-state index contributed by atoms with van der Waals surface area (Å²) in [5.74, 6) is 0. The first kappa shape index (κ1) is 10.5. The largest absolute Gasteiger partial charge is 0.383 e. The molecule has 0 heterocycles. The molecule has 0 N–H and O–H groups in total. The lowest BCUT2D eigenvalue weighted by Crippen LogP contribution is -2.25. The summed E-state index contributed by atoms with van der Waals surface area (Å²) in [6, 6.07) is 2.46. The third kappa shape index (κ3) is 3.00. The summed E-state index contributed by atoms with van der Waals surface area (Å²) in [4.78, 5) is 0. The fourth-order valence-electron chi connectivity index (χ4n) is 2.15. The lowest BCUT2D eigenvalue weighted by molar-refractivity contribution is 0.0964. The molecule has 1 aliphatic rings. The molecule has 0 saturated heterocycles. The number of hydrogen-bond acceptors (Lipinski definition) is 2. The molecule has 0 aromatic rings. The van der Waals surface area contributed by atoms with Crippen LogP contribution in [0, 0.1) is 16.7 Å². The second kappa shape index (κ2) is 5.24. The topological polar surface area (TPSA) is 33.0 Å². The van der Waals surface area contributed by atoms with Gasteiger partial charge in [-0.1, -0.05) is 32.1 Å². The van der Waals surface area contributed by atoms with Crippen LogP contribution in [0.1, 0.15) is 44.9 Å². The molecule has 0 aromatic heterocycles. The average molecular weight is 181 g/mol. The van der Waals surface area contributed by atoms with Crippen LogP contribution in [0.15, 0.2) is 0 Å². The summed E-state index contributed by atoms with van der Waals surface area (Å²) in [6.45, 7) is 0.615. The molecule has 1 rings (SSSR count). The highest BCUT2D eigenvalue weighted by atomic mass is 16.5. The van der Waals surface area contributed by atoms with Crippen molar-refractivity contribution in [3.8, 4) is 6.07 Å². The third-order valence-electron chi connectivity index (χ3n) is 2.97. The molecular formula is C11H19NO. The fraction of sp³-hybridized carbons (Fsp3) is 0.909. The predicted molar refractivity (Wildman–Crippen MR) is 52.2 cm³/mol. The van der Waals surface area contributed by atoms with Crippen molar-refractivity contribution >= 4 is 0 Å². The van der Waals surface area contributed by atoms with Gasteiger partial charge in [0.05, 0.1) is 18.1 Å². The van der Waals surface area contributed by atoms with Gasteiger partial charge in [0.1, 0.15) is 0 Å². The second-order valence-corrected chi connectivity index (χ2v) is 4.09. The van der Waals surface area contributed by atoms with Crippen molar-refractivity contribution in [3.63, 3.8) is 0 Å². The molecule has 74 valence electrons. The molecule has 13 heavy (non-hydrogen) atoms. The molecule has 0 unspecified atom stereocenters. The van der Waals surface area contributed by atoms with Crippen LogP contribution in [0.2, 0.25) is 0 Å². The highest BCUT2D eigenvalue weighted by molar-refractivity contribution is 4.99. The van der Waals surface area contributed by atoms with Crippen molar-refractivity contribution in [2.45, 2.75) is 44.9 Å². The summed E-state index contributed by atoms with van der Waals surface area (Å²) in [6.07, 6.45) is 8.34. The lowest BCUT2D eigenvalue weighted by atomic mass is 9.78. The Kier molecular flexibility index (Phi) is 4.24. The second-order valence-electron chi connectivity index (χ2n) is 4.09. The van der Waals surface area contributed by atoms with Gasteiger partial charge >= 0.3 is 0 Å². The Labute approximate surface area is 80.9 Å². The van der Waals surface area contributed by atoms with Gasteiger partial charge in [-0.05, 0) is 12.8 Å². The van der Waals surface area contributed by atoms with Gasteiger partial charge in [0, 0.05) is 7.11 Å². The standard InChI is InChI=1S/C11H19NO/c1-13-10-11(9-12)7-5-3-2-4-6-8-11/h2-8,10H2,1H3. The minimum Gasteiger partial charge on any atom is -0.383 e. The molecule has 2 nitrogen and oxygen atoms in total. The van der Waals surface area contributed by atoms with Gasteiger partial charge in [0.25, 0.3) is 0 Å². The summed E-state index contributed by atoms with van der Waals surface area (Å²) >= 11 is 0. The van der Waals surface area contributed by atoms with E-state index in [0.717, 1.165) is 12.8 Å². The van der Waals surface area contributed by atoms with Crippen molar-refractivity contribution in [3.05, 3.63) is 0 Å². The van der Waals surface area contributed by atoms with E-state index in [4.69, 9.17) is 10.00 Å². The first-order valence-electron chi connectivity index (χ1n) is 5.23. The van der Waals surface area contributed by atoms with E-state index in [1.165, 1.54) is 32.1 Å². The zero-order valence-corrected chi connectivity index (χ0v) is 8.51. The minimum atomic E-state index is -0.171. The van der Waals surface area contributed by atoms with Gasteiger partial charge in [-0.2, -0.15) is 5.26 Å². The van der Waals surface area contributed by atoms with Crippen molar-refractivity contribution in [1.82, 2.24) is 0 Å². The number of methoxy groups -OCH3 is 1. The van der Waals surface area contributed by atoms with Crippen molar-refractivity contribution in [2.75, 3.05) is 13.7 Å². The smallest absolute Gasteiger partial charge is 0.0806 e. The van der Waals surface area contributed by atoms with E-state index < -0.39 is 0 Å². The molecule has 2 heteroatoms. The monoisotopic (exact) mass is 181 g/mol. The van der Waals surface area contributed by atoms with E-state index >= 15 is 0 Å². The Morgan fingerprint density at radius 3 is 2.15 bits per heavy atom. The maximum absolute atomic E-state index is 9.16. The minimum absolute atomic E-state index is 0.171. The SMILES string of the molecule is COCC1(C#N)CCCCCCC1. The van der Waals surface area contributed by atoms with Crippen LogP contribution in [-0.4, -0.2) is 13.7 Å². The van der Waals surface area contributed by atoms with Crippen LogP contribution >= 0.6 is 0 Å². The maximum Gasteiger partial charge on any atom is 0.0806 e. The van der Waals surface area contributed by atoms with Crippen molar-refractivity contribution in [2.24, 2.45) is 5.41 Å². The molecule has 0 amide bonds. The Hall–Kier alpha value is -0.550. The molecule has 0 bridgehead atoms. The summed E-state index contributed by atoms with van der Waals surface area (Å²) in [5, 5.41) is 9.16. The molecule has 1 aliphatic carbocycles. The van der Waals surface area contributed by atoms with Crippen molar-refractivity contribution < 1.29 is 4.74 Å². The van der Waals surface area contributed by atoms with E-state index in [1.807, 2.05) is 0 Å². The normalized spacial score (nSPS) is 22.8. The molecular weight excluding hydrogens is 162 g/mol. The first-order valence-corrected chi connectivity index (χ1v) is 5.23. The quantitative estimate of drug-likeness (QED) is 0.656. The van der Waals surface area contributed by atoms with Gasteiger partial charge in [-0.15, -0.1) is 0 Å². The number of ether oxygens (including phenoxy) is 1. The van der Waals surface area contributed by atoms with Gasteiger partial charge in [0.2, 0.25) is 0 Å². The molecule has 0 aromatic carbocycles. The summed E-state index contributed by atoms with van der Waals surface area (Å²) in [7, 11) is 1.69. The zero-order valence-electron chi connectivity index (χ0n) is 8.51. The summed E-state index contributed by atoms with van der Waals surface area (Å²) < 4.78 is 5.15. The van der Waals surface area contributed by atoms with E-state index in [2.05, 4.69) is 6.07 Å². The number of nitrogens with zero attached hydrogens (tertiary/aromatic N) is 1. The summed E-state index contributed by atoms with van der Waals surface area (Å²) in [5.41, 5.74) is -0.171. The van der Waals surface area contributed by atoms with E-state index in [0.29, 0.717) is 6.61 Å². The van der Waals surface area contributed by atoms with Crippen LogP contribution in [0.4, 0.5) is 0 Å². The lowest BCUT2D eigenvalue weighted by Gasteiger charge is -2.27. The van der Waals surface area contributed by atoms with E-state index in [-0.39, 0.29) is 5.41 Å². The van der Waals surface area contributed by atoms with Gasteiger partial charge in [0.15, 0.2) is 0 Å². The van der Waals surface area contributed by atoms with E-state index in [9.17, 15) is 0 Å². The van der Waals surface area contributed by atoms with E-state index in [1.54, 1.807) is 7.11 Å². The molecule has 0 spiro atoms. The Bertz CT molecular complexity index is 175.